The SMILES string of the molecule is FC(F)(F)OCC1CNC1.O=C(O)C(F)(F)F. The number of aliphatic carboxylic acids is 1. The van der Waals surface area contributed by atoms with E-state index in [-0.39, 0.29) is 12.5 Å². The van der Waals surface area contributed by atoms with Crippen molar-refractivity contribution in [3.05, 3.63) is 0 Å². The smallest absolute Gasteiger partial charge is 0.475 e. The van der Waals surface area contributed by atoms with E-state index in [9.17, 15) is 26.3 Å². The fraction of sp³-hybridized carbons (Fsp3) is 0.857. The first kappa shape index (κ1) is 16.0. The van der Waals surface area contributed by atoms with E-state index in [0.29, 0.717) is 13.1 Å². The molecule has 102 valence electrons. The summed E-state index contributed by atoms with van der Waals surface area (Å²) in [6.45, 7) is 1.06. The molecular weight excluding hydrogens is 260 g/mol. The summed E-state index contributed by atoms with van der Waals surface area (Å²) >= 11 is 0. The number of carboxylic acid groups (broad SMARTS) is 1. The van der Waals surface area contributed by atoms with Gasteiger partial charge in [-0.1, -0.05) is 0 Å². The van der Waals surface area contributed by atoms with Gasteiger partial charge >= 0.3 is 18.5 Å². The molecule has 2 N–H and O–H groups in total. The van der Waals surface area contributed by atoms with Gasteiger partial charge in [0.15, 0.2) is 0 Å². The highest BCUT2D eigenvalue weighted by molar-refractivity contribution is 5.73. The predicted molar refractivity (Wildman–Crippen MR) is 42.1 cm³/mol. The summed E-state index contributed by atoms with van der Waals surface area (Å²) in [5, 5.41) is 9.98. The monoisotopic (exact) mass is 269 g/mol. The van der Waals surface area contributed by atoms with Crippen molar-refractivity contribution in [2.75, 3.05) is 19.7 Å². The van der Waals surface area contributed by atoms with Gasteiger partial charge in [-0.3, -0.25) is 4.74 Å². The molecule has 1 fully saturated rings. The van der Waals surface area contributed by atoms with E-state index in [0.717, 1.165) is 0 Å². The van der Waals surface area contributed by atoms with Crippen LogP contribution in [0.2, 0.25) is 0 Å². The Labute approximate surface area is 91.5 Å². The van der Waals surface area contributed by atoms with E-state index in [1.54, 1.807) is 0 Å². The summed E-state index contributed by atoms with van der Waals surface area (Å²) in [6.07, 6.45) is -9.55. The first-order valence-electron chi connectivity index (χ1n) is 4.24. The van der Waals surface area contributed by atoms with Crippen LogP contribution in [-0.2, 0) is 9.53 Å². The Kier molecular flexibility index (Phi) is 5.69. The summed E-state index contributed by atoms with van der Waals surface area (Å²) in [5.74, 6) is -2.71. The summed E-state index contributed by atoms with van der Waals surface area (Å²) in [5.41, 5.74) is 0. The van der Waals surface area contributed by atoms with Gasteiger partial charge < -0.3 is 10.4 Å². The van der Waals surface area contributed by atoms with Crippen LogP contribution in [-0.4, -0.2) is 43.3 Å². The van der Waals surface area contributed by atoms with Crippen LogP contribution in [0.1, 0.15) is 0 Å². The summed E-state index contributed by atoms with van der Waals surface area (Å²) in [6, 6.07) is 0. The molecule has 17 heavy (non-hydrogen) atoms. The molecule has 1 aliphatic rings. The molecule has 0 amide bonds. The zero-order valence-electron chi connectivity index (χ0n) is 8.23. The van der Waals surface area contributed by atoms with E-state index in [2.05, 4.69) is 10.1 Å². The third-order valence-corrected chi connectivity index (χ3v) is 1.59. The van der Waals surface area contributed by atoms with Crippen molar-refractivity contribution in [1.82, 2.24) is 5.32 Å². The van der Waals surface area contributed by atoms with Crippen LogP contribution in [0, 0.1) is 5.92 Å². The Morgan fingerprint density at radius 3 is 1.82 bits per heavy atom. The van der Waals surface area contributed by atoms with Gasteiger partial charge in [0.1, 0.15) is 0 Å². The normalized spacial score (nSPS) is 16.8. The fourth-order valence-corrected chi connectivity index (χ4v) is 0.679. The van der Waals surface area contributed by atoms with E-state index < -0.39 is 18.5 Å². The summed E-state index contributed by atoms with van der Waals surface area (Å²) in [4.78, 5) is 8.90. The lowest BCUT2D eigenvalue weighted by molar-refractivity contribution is -0.329. The molecule has 0 bridgehead atoms. The van der Waals surface area contributed by atoms with Crippen LogP contribution in [0.15, 0.2) is 0 Å². The quantitative estimate of drug-likeness (QED) is 0.743. The minimum atomic E-state index is -5.08. The molecule has 0 radical (unpaired) electrons. The fourth-order valence-electron chi connectivity index (χ4n) is 0.679. The van der Waals surface area contributed by atoms with Crippen molar-refractivity contribution in [3.8, 4) is 0 Å². The van der Waals surface area contributed by atoms with E-state index in [1.807, 2.05) is 0 Å². The molecule has 0 atom stereocenters. The molecule has 4 nitrogen and oxygen atoms in total. The second kappa shape index (κ2) is 6.05. The Morgan fingerprint density at radius 2 is 1.65 bits per heavy atom. The molecule has 1 heterocycles. The minimum Gasteiger partial charge on any atom is -0.475 e. The number of carbonyl (C=O) groups is 1. The highest BCUT2D eigenvalue weighted by Crippen LogP contribution is 2.18. The molecule has 0 aromatic heterocycles. The Morgan fingerprint density at radius 1 is 1.24 bits per heavy atom. The van der Waals surface area contributed by atoms with Crippen LogP contribution in [0.4, 0.5) is 26.3 Å². The van der Waals surface area contributed by atoms with Crippen molar-refractivity contribution in [2.45, 2.75) is 12.5 Å². The summed E-state index contributed by atoms with van der Waals surface area (Å²) < 4.78 is 69.3. The number of hydrogen-bond donors (Lipinski definition) is 2. The average Bonchev–Trinajstić information content (AvgIpc) is 1.97. The average molecular weight is 269 g/mol. The molecule has 0 aliphatic carbocycles. The van der Waals surface area contributed by atoms with Crippen LogP contribution in [0.3, 0.4) is 0 Å². The zero-order chi connectivity index (χ0) is 13.7. The number of ether oxygens (including phenoxy) is 1. The number of alkyl halides is 6. The molecule has 0 saturated carbocycles. The molecule has 0 unspecified atom stereocenters. The molecule has 0 spiro atoms. The van der Waals surface area contributed by atoms with Crippen molar-refractivity contribution in [2.24, 2.45) is 5.92 Å². The van der Waals surface area contributed by atoms with Crippen molar-refractivity contribution >= 4 is 5.97 Å². The number of carboxylic acids is 1. The van der Waals surface area contributed by atoms with Gasteiger partial charge in [0.05, 0.1) is 6.61 Å². The van der Waals surface area contributed by atoms with Crippen molar-refractivity contribution in [3.63, 3.8) is 0 Å². The number of hydrogen-bond acceptors (Lipinski definition) is 3. The topological polar surface area (TPSA) is 58.6 Å². The van der Waals surface area contributed by atoms with E-state index >= 15 is 0 Å². The Bertz CT molecular complexity index is 247. The number of nitrogens with one attached hydrogen (secondary N) is 1. The molecule has 1 aliphatic heterocycles. The Hall–Kier alpha value is -1.03. The maximum atomic E-state index is 11.3. The van der Waals surface area contributed by atoms with Crippen molar-refractivity contribution < 1.29 is 41.0 Å². The van der Waals surface area contributed by atoms with Crippen LogP contribution in [0.25, 0.3) is 0 Å². The van der Waals surface area contributed by atoms with E-state index in [1.165, 1.54) is 0 Å². The first-order valence-corrected chi connectivity index (χ1v) is 4.24. The molecular formula is C7H9F6NO3. The van der Waals surface area contributed by atoms with Gasteiger partial charge in [0, 0.05) is 19.0 Å². The third-order valence-electron chi connectivity index (χ3n) is 1.59. The van der Waals surface area contributed by atoms with Gasteiger partial charge in [-0.05, 0) is 0 Å². The van der Waals surface area contributed by atoms with Gasteiger partial charge in [0.2, 0.25) is 0 Å². The molecule has 10 heteroatoms. The first-order chi connectivity index (χ1) is 7.52. The van der Waals surface area contributed by atoms with Gasteiger partial charge in [-0.2, -0.15) is 13.2 Å². The number of halogens is 6. The number of rotatable bonds is 2. The van der Waals surface area contributed by atoms with Crippen LogP contribution < -0.4 is 5.32 Å². The highest BCUT2D eigenvalue weighted by Gasteiger charge is 2.38. The largest absolute Gasteiger partial charge is 0.522 e. The lowest BCUT2D eigenvalue weighted by Gasteiger charge is -2.26. The molecule has 0 aromatic rings. The predicted octanol–water partition coefficient (Wildman–Crippen LogP) is 1.38. The zero-order valence-corrected chi connectivity index (χ0v) is 8.23. The standard InChI is InChI=1S/C5H8F3NO.C2HF3O2/c6-5(7,8)10-3-4-1-9-2-4;3-2(4,5)1(6)7/h4,9H,1-3H2;(H,6,7). The maximum Gasteiger partial charge on any atom is 0.522 e. The Balaban J connectivity index is 0.000000325. The molecule has 1 saturated heterocycles. The lowest BCUT2D eigenvalue weighted by atomic mass is 10.1. The molecule has 0 aromatic carbocycles. The van der Waals surface area contributed by atoms with Crippen LogP contribution >= 0.6 is 0 Å². The second-order valence-electron chi connectivity index (χ2n) is 3.08. The van der Waals surface area contributed by atoms with Gasteiger partial charge in [-0.15, -0.1) is 13.2 Å². The maximum absolute atomic E-state index is 11.3. The lowest BCUT2D eigenvalue weighted by Crippen LogP contribution is -2.45. The highest BCUT2D eigenvalue weighted by atomic mass is 19.4. The summed E-state index contributed by atoms with van der Waals surface area (Å²) in [7, 11) is 0. The van der Waals surface area contributed by atoms with E-state index in [4.69, 9.17) is 9.90 Å². The molecule has 1 rings (SSSR count). The second-order valence-corrected chi connectivity index (χ2v) is 3.08. The van der Waals surface area contributed by atoms with Crippen molar-refractivity contribution in [1.29, 1.82) is 0 Å². The van der Waals surface area contributed by atoms with Gasteiger partial charge in [-0.25, -0.2) is 4.79 Å². The third kappa shape index (κ3) is 8.74. The van der Waals surface area contributed by atoms with Gasteiger partial charge in [0.25, 0.3) is 0 Å². The minimum absolute atomic E-state index is 0.0432. The van der Waals surface area contributed by atoms with Crippen LogP contribution in [0.5, 0.6) is 0 Å².